The molecule has 76 valence electrons. The predicted molar refractivity (Wildman–Crippen MR) is 61.0 cm³/mol. The molecular formula is C10H15N3S. The number of nitriles is 1. The molecule has 0 saturated carbocycles. The van der Waals surface area contributed by atoms with Gasteiger partial charge in [-0.1, -0.05) is 32.0 Å². The molecule has 0 fully saturated rings. The SMILES string of the molecule is C=CC(CCC)n1ccnc1.N#CS. The molecule has 1 heterocycles. The number of nitrogens with zero attached hydrogens (tertiary/aromatic N) is 3. The van der Waals surface area contributed by atoms with Gasteiger partial charge in [0.25, 0.3) is 0 Å². The van der Waals surface area contributed by atoms with Crippen molar-refractivity contribution in [1.82, 2.24) is 9.55 Å². The normalized spacial score (nSPS) is 10.6. The number of imidazole rings is 1. The van der Waals surface area contributed by atoms with E-state index in [-0.39, 0.29) is 0 Å². The lowest BCUT2D eigenvalue weighted by molar-refractivity contribution is 0.550. The summed E-state index contributed by atoms with van der Waals surface area (Å²) in [7, 11) is 0. The van der Waals surface area contributed by atoms with Crippen molar-refractivity contribution >= 4 is 12.6 Å². The molecule has 0 aromatic carbocycles. The smallest absolute Gasteiger partial charge is 0.130 e. The molecule has 0 aliphatic rings. The van der Waals surface area contributed by atoms with Gasteiger partial charge in [-0.15, -0.1) is 6.58 Å². The lowest BCUT2D eigenvalue weighted by Gasteiger charge is -2.11. The zero-order valence-corrected chi connectivity index (χ0v) is 9.19. The predicted octanol–water partition coefficient (Wildman–Crippen LogP) is 2.81. The first-order valence-electron chi connectivity index (χ1n) is 4.43. The average molecular weight is 209 g/mol. The number of allylic oxidation sites excluding steroid dienone is 1. The van der Waals surface area contributed by atoms with Crippen LogP contribution in [0.3, 0.4) is 0 Å². The van der Waals surface area contributed by atoms with Crippen LogP contribution in [0, 0.1) is 10.7 Å². The van der Waals surface area contributed by atoms with E-state index in [0.717, 1.165) is 6.42 Å². The maximum absolute atomic E-state index is 7.18. The lowest BCUT2D eigenvalue weighted by atomic mass is 10.2. The summed E-state index contributed by atoms with van der Waals surface area (Å²) in [5.74, 6) is 0. The van der Waals surface area contributed by atoms with E-state index in [1.807, 2.05) is 18.6 Å². The van der Waals surface area contributed by atoms with E-state index in [9.17, 15) is 0 Å². The maximum atomic E-state index is 7.18. The summed E-state index contributed by atoms with van der Waals surface area (Å²) in [6.45, 7) is 5.96. The fourth-order valence-electron chi connectivity index (χ4n) is 1.15. The molecular weight excluding hydrogens is 194 g/mol. The summed E-state index contributed by atoms with van der Waals surface area (Å²) < 4.78 is 2.08. The van der Waals surface area contributed by atoms with Crippen molar-refractivity contribution in [2.24, 2.45) is 0 Å². The summed E-state index contributed by atoms with van der Waals surface area (Å²) in [5.41, 5.74) is 0. The minimum Gasteiger partial charge on any atom is -0.331 e. The van der Waals surface area contributed by atoms with Crippen molar-refractivity contribution < 1.29 is 0 Å². The van der Waals surface area contributed by atoms with Crippen LogP contribution in [-0.4, -0.2) is 9.55 Å². The van der Waals surface area contributed by atoms with Gasteiger partial charge in [-0.3, -0.25) is 0 Å². The van der Waals surface area contributed by atoms with Gasteiger partial charge in [-0.05, 0) is 6.42 Å². The molecule has 1 atom stereocenters. The highest BCUT2D eigenvalue weighted by Crippen LogP contribution is 2.13. The second-order valence-corrected chi connectivity index (χ2v) is 2.90. The van der Waals surface area contributed by atoms with Crippen molar-refractivity contribution in [1.29, 1.82) is 5.26 Å². The van der Waals surface area contributed by atoms with Crippen LogP contribution < -0.4 is 0 Å². The molecule has 0 N–H and O–H groups in total. The van der Waals surface area contributed by atoms with Crippen LogP contribution in [0.15, 0.2) is 31.4 Å². The van der Waals surface area contributed by atoms with Crippen molar-refractivity contribution in [2.45, 2.75) is 25.8 Å². The first-order chi connectivity index (χ1) is 6.79. The van der Waals surface area contributed by atoms with Gasteiger partial charge < -0.3 is 4.57 Å². The summed E-state index contributed by atoms with van der Waals surface area (Å²) in [4.78, 5) is 3.99. The van der Waals surface area contributed by atoms with E-state index >= 15 is 0 Å². The van der Waals surface area contributed by atoms with E-state index in [2.05, 4.69) is 35.7 Å². The van der Waals surface area contributed by atoms with Crippen molar-refractivity contribution in [2.75, 3.05) is 0 Å². The number of hydrogen-bond donors (Lipinski definition) is 1. The summed E-state index contributed by atoms with van der Waals surface area (Å²) in [6, 6.07) is 0.419. The Morgan fingerprint density at radius 3 is 2.79 bits per heavy atom. The third-order valence-electron chi connectivity index (χ3n) is 1.76. The van der Waals surface area contributed by atoms with E-state index < -0.39 is 0 Å². The largest absolute Gasteiger partial charge is 0.331 e. The minimum absolute atomic E-state index is 0.419. The second-order valence-electron chi connectivity index (χ2n) is 2.70. The molecule has 0 bridgehead atoms. The topological polar surface area (TPSA) is 41.6 Å². The van der Waals surface area contributed by atoms with Crippen LogP contribution in [0.4, 0.5) is 0 Å². The molecule has 1 rings (SSSR count). The Bertz CT molecular complexity index is 274. The first kappa shape index (κ1) is 12.8. The average Bonchev–Trinajstić information content (AvgIpc) is 2.68. The molecule has 0 aliphatic heterocycles. The molecule has 1 aromatic heterocycles. The Morgan fingerprint density at radius 2 is 2.43 bits per heavy atom. The number of aromatic nitrogens is 2. The maximum Gasteiger partial charge on any atom is 0.130 e. The summed E-state index contributed by atoms with van der Waals surface area (Å²) in [6.07, 6.45) is 9.89. The van der Waals surface area contributed by atoms with Crippen LogP contribution in [0.25, 0.3) is 0 Å². The van der Waals surface area contributed by atoms with Crippen LogP contribution in [0.2, 0.25) is 0 Å². The molecule has 14 heavy (non-hydrogen) atoms. The molecule has 0 amide bonds. The quantitative estimate of drug-likeness (QED) is 0.470. The van der Waals surface area contributed by atoms with Crippen LogP contribution in [-0.2, 0) is 0 Å². The van der Waals surface area contributed by atoms with E-state index in [0.29, 0.717) is 6.04 Å². The van der Waals surface area contributed by atoms with Crippen LogP contribution >= 0.6 is 12.6 Å². The Hall–Kier alpha value is -1.21. The molecule has 4 heteroatoms. The Balaban J connectivity index is 0.000000500. The molecule has 0 saturated heterocycles. The molecule has 0 spiro atoms. The fourth-order valence-corrected chi connectivity index (χ4v) is 1.15. The summed E-state index contributed by atoms with van der Waals surface area (Å²) >= 11 is 3.09. The van der Waals surface area contributed by atoms with Gasteiger partial charge in [0.1, 0.15) is 5.40 Å². The highest BCUT2D eigenvalue weighted by molar-refractivity contribution is 7.85. The lowest BCUT2D eigenvalue weighted by Crippen LogP contribution is -2.02. The van der Waals surface area contributed by atoms with E-state index in [4.69, 9.17) is 5.26 Å². The summed E-state index contributed by atoms with van der Waals surface area (Å²) in [5, 5.41) is 8.63. The van der Waals surface area contributed by atoms with Crippen LogP contribution in [0.1, 0.15) is 25.8 Å². The number of thiocyanates is 1. The fraction of sp³-hybridized carbons (Fsp3) is 0.400. The number of rotatable bonds is 4. The molecule has 0 aliphatic carbocycles. The van der Waals surface area contributed by atoms with Gasteiger partial charge in [0, 0.05) is 12.4 Å². The molecule has 1 aromatic rings. The third-order valence-corrected chi connectivity index (χ3v) is 1.76. The van der Waals surface area contributed by atoms with Crippen molar-refractivity contribution in [3.05, 3.63) is 31.4 Å². The molecule has 0 radical (unpaired) electrons. The minimum atomic E-state index is 0.419. The van der Waals surface area contributed by atoms with Crippen molar-refractivity contribution in [3.63, 3.8) is 0 Å². The van der Waals surface area contributed by atoms with Crippen molar-refractivity contribution in [3.8, 4) is 5.40 Å². The van der Waals surface area contributed by atoms with E-state index in [1.165, 1.54) is 11.8 Å². The highest BCUT2D eigenvalue weighted by Gasteiger charge is 2.02. The van der Waals surface area contributed by atoms with Gasteiger partial charge in [0.05, 0.1) is 12.4 Å². The van der Waals surface area contributed by atoms with E-state index in [1.54, 1.807) is 6.20 Å². The first-order valence-corrected chi connectivity index (χ1v) is 4.88. The number of thiol groups is 1. The molecule has 3 nitrogen and oxygen atoms in total. The van der Waals surface area contributed by atoms with Gasteiger partial charge >= 0.3 is 0 Å². The third kappa shape index (κ3) is 4.73. The van der Waals surface area contributed by atoms with Gasteiger partial charge in [0.15, 0.2) is 0 Å². The zero-order chi connectivity index (χ0) is 10.8. The standard InChI is InChI=1S/C9H14N2.CHNS/c1-3-5-9(4-2)11-7-6-10-8-11;2-1-3/h4,6-9H,2-3,5H2,1H3;3H. The number of hydrogen-bond acceptors (Lipinski definition) is 3. The van der Waals surface area contributed by atoms with Gasteiger partial charge in [-0.2, -0.15) is 5.26 Å². The monoisotopic (exact) mass is 209 g/mol. The van der Waals surface area contributed by atoms with Gasteiger partial charge in [-0.25, -0.2) is 4.98 Å². The highest BCUT2D eigenvalue weighted by atomic mass is 32.1. The Labute approximate surface area is 90.5 Å². The zero-order valence-electron chi connectivity index (χ0n) is 8.30. The van der Waals surface area contributed by atoms with Gasteiger partial charge in [0.2, 0.25) is 0 Å². The second kappa shape index (κ2) is 8.39. The van der Waals surface area contributed by atoms with Crippen LogP contribution in [0.5, 0.6) is 0 Å². The Kier molecular flexibility index (Phi) is 7.67. The Morgan fingerprint density at radius 1 is 1.79 bits per heavy atom. The molecule has 1 unspecified atom stereocenters.